The van der Waals surface area contributed by atoms with Crippen LogP contribution in [-0.2, 0) is 4.79 Å². The summed E-state index contributed by atoms with van der Waals surface area (Å²) in [7, 11) is 1.85. The molecule has 1 aliphatic carbocycles. The van der Waals surface area contributed by atoms with Gasteiger partial charge in [-0.15, -0.1) is 12.4 Å². The van der Waals surface area contributed by atoms with E-state index in [9.17, 15) is 4.79 Å². The maximum atomic E-state index is 12.7. The molecule has 1 unspecified atom stereocenters. The van der Waals surface area contributed by atoms with Crippen LogP contribution >= 0.6 is 12.4 Å². The number of carbonyl (C=O) groups is 1. The van der Waals surface area contributed by atoms with E-state index in [4.69, 9.17) is 15.2 Å². The van der Waals surface area contributed by atoms with Gasteiger partial charge in [0.05, 0.1) is 6.54 Å². The second-order valence-electron chi connectivity index (χ2n) is 7.21. The van der Waals surface area contributed by atoms with Crippen molar-refractivity contribution in [2.24, 2.45) is 11.1 Å². The normalized spacial score (nSPS) is 21.1. The molecule has 2 N–H and O–H groups in total. The van der Waals surface area contributed by atoms with Crippen LogP contribution in [0.1, 0.15) is 38.5 Å². The summed E-state index contributed by atoms with van der Waals surface area (Å²) >= 11 is 0. The maximum Gasteiger partial charge on any atom is 0.223 e. The number of likely N-dealkylation sites (N-methyl/N-ethyl adjacent to an activating group) is 1. The summed E-state index contributed by atoms with van der Waals surface area (Å²) in [6.07, 6.45) is 6.19. The number of rotatable bonds is 5. The van der Waals surface area contributed by atoms with Crippen molar-refractivity contribution in [3.8, 4) is 11.5 Å². The first-order valence-electron chi connectivity index (χ1n) is 8.94. The molecule has 5 nitrogen and oxygen atoms in total. The molecule has 1 fully saturated rings. The van der Waals surface area contributed by atoms with Crippen LogP contribution < -0.4 is 15.2 Å². The molecule has 1 heterocycles. The van der Waals surface area contributed by atoms with Crippen LogP contribution in [0.25, 0.3) is 0 Å². The fraction of sp³-hybridized carbons (Fsp3) is 0.632. The van der Waals surface area contributed by atoms with Crippen LogP contribution in [0.15, 0.2) is 24.3 Å². The first-order chi connectivity index (χ1) is 11.6. The Labute approximate surface area is 156 Å². The van der Waals surface area contributed by atoms with Crippen molar-refractivity contribution in [2.75, 3.05) is 26.7 Å². The number of para-hydroxylation sites is 2. The van der Waals surface area contributed by atoms with Gasteiger partial charge in [0.2, 0.25) is 5.91 Å². The van der Waals surface area contributed by atoms with E-state index in [1.807, 2.05) is 31.3 Å². The van der Waals surface area contributed by atoms with Crippen molar-refractivity contribution in [3.63, 3.8) is 0 Å². The van der Waals surface area contributed by atoms with Crippen LogP contribution in [0.2, 0.25) is 0 Å². The van der Waals surface area contributed by atoms with Gasteiger partial charge >= 0.3 is 0 Å². The molecule has 1 amide bonds. The van der Waals surface area contributed by atoms with Crippen molar-refractivity contribution >= 4 is 18.3 Å². The number of ether oxygens (including phenoxy) is 2. The lowest BCUT2D eigenvalue weighted by Gasteiger charge is -2.37. The third-order valence-corrected chi connectivity index (χ3v) is 5.34. The molecule has 25 heavy (non-hydrogen) atoms. The Bertz CT molecular complexity index is 576. The van der Waals surface area contributed by atoms with Gasteiger partial charge in [0.1, 0.15) is 6.61 Å². The zero-order valence-electron chi connectivity index (χ0n) is 14.9. The third kappa shape index (κ3) is 4.79. The van der Waals surface area contributed by atoms with Crippen LogP contribution in [0, 0.1) is 5.41 Å². The summed E-state index contributed by atoms with van der Waals surface area (Å²) in [5, 5.41) is 0. The smallest absolute Gasteiger partial charge is 0.223 e. The monoisotopic (exact) mass is 368 g/mol. The molecule has 1 aliphatic heterocycles. The van der Waals surface area contributed by atoms with E-state index in [0.29, 0.717) is 26.1 Å². The molecule has 0 saturated heterocycles. The molecule has 3 rings (SSSR count). The topological polar surface area (TPSA) is 64.8 Å². The van der Waals surface area contributed by atoms with Crippen molar-refractivity contribution < 1.29 is 14.3 Å². The predicted molar refractivity (Wildman–Crippen MR) is 100 cm³/mol. The first kappa shape index (κ1) is 19.9. The quantitative estimate of drug-likeness (QED) is 0.867. The molecule has 1 aromatic rings. The van der Waals surface area contributed by atoms with E-state index in [2.05, 4.69) is 0 Å². The van der Waals surface area contributed by atoms with Gasteiger partial charge in [-0.3, -0.25) is 4.79 Å². The van der Waals surface area contributed by atoms with E-state index >= 15 is 0 Å². The Morgan fingerprint density at radius 1 is 1.24 bits per heavy atom. The van der Waals surface area contributed by atoms with Crippen LogP contribution in [-0.4, -0.2) is 43.7 Å². The van der Waals surface area contributed by atoms with Gasteiger partial charge in [0, 0.05) is 13.5 Å². The average Bonchev–Trinajstić information content (AvgIpc) is 2.62. The summed E-state index contributed by atoms with van der Waals surface area (Å²) in [5.41, 5.74) is 6.01. The number of amides is 1. The van der Waals surface area contributed by atoms with Gasteiger partial charge in [-0.2, -0.15) is 0 Å². The number of halogens is 1. The molecular weight excluding hydrogens is 340 g/mol. The van der Waals surface area contributed by atoms with Crippen molar-refractivity contribution in [1.82, 2.24) is 4.90 Å². The molecule has 0 bridgehead atoms. The number of benzene rings is 1. The highest BCUT2D eigenvalue weighted by Crippen LogP contribution is 2.38. The number of hydrogen-bond donors (Lipinski definition) is 1. The average molecular weight is 369 g/mol. The Morgan fingerprint density at radius 3 is 2.60 bits per heavy atom. The SMILES string of the molecule is CN(CC1COc2ccccc2O1)C(=O)CC1(CN)CCCCC1.Cl. The zero-order chi connectivity index (χ0) is 17.0. The summed E-state index contributed by atoms with van der Waals surface area (Å²) < 4.78 is 11.7. The molecule has 0 spiro atoms. The highest BCUT2D eigenvalue weighted by Gasteiger charge is 2.34. The van der Waals surface area contributed by atoms with Crippen molar-refractivity contribution in [3.05, 3.63) is 24.3 Å². The molecule has 0 radical (unpaired) electrons. The fourth-order valence-corrected chi connectivity index (χ4v) is 3.77. The molecule has 1 saturated carbocycles. The maximum absolute atomic E-state index is 12.7. The molecule has 1 atom stereocenters. The molecule has 1 aromatic carbocycles. The van der Waals surface area contributed by atoms with Crippen molar-refractivity contribution in [2.45, 2.75) is 44.6 Å². The van der Waals surface area contributed by atoms with Gasteiger partial charge in [-0.05, 0) is 36.9 Å². The van der Waals surface area contributed by atoms with E-state index in [-0.39, 0.29) is 29.8 Å². The van der Waals surface area contributed by atoms with E-state index in [1.54, 1.807) is 4.90 Å². The van der Waals surface area contributed by atoms with Crippen LogP contribution in [0.4, 0.5) is 0 Å². The Morgan fingerprint density at radius 2 is 1.92 bits per heavy atom. The summed E-state index contributed by atoms with van der Waals surface area (Å²) in [6.45, 7) is 1.60. The van der Waals surface area contributed by atoms with E-state index < -0.39 is 0 Å². The lowest BCUT2D eigenvalue weighted by atomic mass is 9.71. The van der Waals surface area contributed by atoms with Gasteiger partial charge in [-0.1, -0.05) is 31.4 Å². The lowest BCUT2D eigenvalue weighted by molar-refractivity contribution is -0.134. The summed E-state index contributed by atoms with van der Waals surface area (Å²) in [5.74, 6) is 1.68. The standard InChI is InChI=1S/C19H28N2O3.ClH/c1-21(18(22)11-19(14-20)9-5-2-6-10-19)12-15-13-23-16-7-3-4-8-17(16)24-15;/h3-4,7-8,15H,2,5-6,9-14,20H2,1H3;1H. The van der Waals surface area contributed by atoms with Gasteiger partial charge in [0.25, 0.3) is 0 Å². The number of carbonyl (C=O) groups excluding carboxylic acids is 1. The Balaban J connectivity index is 0.00000225. The minimum atomic E-state index is -0.131. The minimum absolute atomic E-state index is 0. The Hall–Kier alpha value is -1.46. The molecule has 140 valence electrons. The lowest BCUT2D eigenvalue weighted by Crippen LogP contribution is -2.44. The summed E-state index contributed by atoms with van der Waals surface area (Å²) in [6, 6.07) is 7.64. The zero-order valence-corrected chi connectivity index (χ0v) is 15.7. The number of nitrogens with zero attached hydrogens (tertiary/aromatic N) is 1. The van der Waals surface area contributed by atoms with E-state index in [1.165, 1.54) is 19.3 Å². The molecule has 2 aliphatic rings. The predicted octanol–water partition coefficient (Wildman–Crippen LogP) is 3.01. The van der Waals surface area contributed by atoms with Crippen molar-refractivity contribution in [1.29, 1.82) is 0 Å². The van der Waals surface area contributed by atoms with Crippen LogP contribution in [0.3, 0.4) is 0 Å². The minimum Gasteiger partial charge on any atom is -0.486 e. The van der Waals surface area contributed by atoms with Gasteiger partial charge in [0.15, 0.2) is 17.6 Å². The molecular formula is C19H29ClN2O3. The molecule has 6 heteroatoms. The van der Waals surface area contributed by atoms with E-state index in [0.717, 1.165) is 24.3 Å². The highest BCUT2D eigenvalue weighted by atomic mass is 35.5. The second kappa shape index (κ2) is 8.77. The largest absolute Gasteiger partial charge is 0.486 e. The van der Waals surface area contributed by atoms with Gasteiger partial charge in [-0.25, -0.2) is 0 Å². The van der Waals surface area contributed by atoms with Crippen LogP contribution in [0.5, 0.6) is 11.5 Å². The Kier molecular flexibility index (Phi) is 6.96. The number of hydrogen-bond acceptors (Lipinski definition) is 4. The molecule has 0 aromatic heterocycles. The van der Waals surface area contributed by atoms with Gasteiger partial charge < -0.3 is 20.1 Å². The third-order valence-electron chi connectivity index (χ3n) is 5.34. The first-order valence-corrected chi connectivity index (χ1v) is 8.94. The summed E-state index contributed by atoms with van der Waals surface area (Å²) in [4.78, 5) is 14.4. The number of fused-ring (bicyclic) bond motifs is 1. The highest BCUT2D eigenvalue weighted by molar-refractivity contribution is 5.85. The second-order valence-corrected chi connectivity index (χ2v) is 7.21. The number of nitrogens with two attached hydrogens (primary N) is 1. The fourth-order valence-electron chi connectivity index (χ4n) is 3.77.